The minimum atomic E-state index is -0.151. The Morgan fingerprint density at radius 2 is 2.11 bits per heavy atom. The first-order valence-corrected chi connectivity index (χ1v) is 11.0. The number of aromatic nitrogens is 5. The summed E-state index contributed by atoms with van der Waals surface area (Å²) < 4.78 is 2.78. The number of nitrogens with zero attached hydrogens (tertiary/aromatic N) is 4. The Kier molecular flexibility index (Phi) is 3.34. The van der Waals surface area contributed by atoms with Gasteiger partial charge in [-0.25, -0.2) is 0 Å². The molecule has 2 N–H and O–H groups in total. The fourth-order valence-corrected chi connectivity index (χ4v) is 6.68. The van der Waals surface area contributed by atoms with Crippen molar-refractivity contribution in [2.75, 3.05) is 5.32 Å². The summed E-state index contributed by atoms with van der Waals surface area (Å²) in [5, 5.41) is 4.40. The Balaban J connectivity index is 1.48. The van der Waals surface area contributed by atoms with Crippen molar-refractivity contribution in [1.82, 2.24) is 23.5 Å². The van der Waals surface area contributed by atoms with Crippen LogP contribution in [0, 0.1) is 11.8 Å². The summed E-state index contributed by atoms with van der Waals surface area (Å²) in [6.45, 7) is 0. The summed E-state index contributed by atoms with van der Waals surface area (Å²) in [4.78, 5) is 29.7. The molecule has 27 heavy (non-hydrogen) atoms. The van der Waals surface area contributed by atoms with Crippen molar-refractivity contribution in [2.45, 2.75) is 31.7 Å². The number of benzene rings is 1. The second kappa shape index (κ2) is 5.78. The first-order chi connectivity index (χ1) is 13.3. The van der Waals surface area contributed by atoms with E-state index >= 15 is 0 Å². The topological polar surface area (TPSA) is 88.5 Å². The van der Waals surface area contributed by atoms with Gasteiger partial charge in [-0.2, -0.15) is 0 Å². The van der Waals surface area contributed by atoms with E-state index < -0.39 is 0 Å². The van der Waals surface area contributed by atoms with Crippen LogP contribution >= 0.6 is 0 Å². The predicted molar refractivity (Wildman–Crippen MR) is 105 cm³/mol. The summed E-state index contributed by atoms with van der Waals surface area (Å²) in [6.07, 6.45) is 6.83. The summed E-state index contributed by atoms with van der Waals surface area (Å²) in [7, 11) is 0. The average Bonchev–Trinajstić information content (AvgIpc) is 3.45. The average molecular weight is 425 g/mol. The third-order valence-electron chi connectivity index (χ3n) is 6.01. The van der Waals surface area contributed by atoms with E-state index in [2.05, 4.69) is 20.3 Å². The van der Waals surface area contributed by atoms with Gasteiger partial charge in [0.2, 0.25) is 0 Å². The molecule has 0 saturated heterocycles. The van der Waals surface area contributed by atoms with E-state index in [1.54, 1.807) is 9.89 Å². The monoisotopic (exact) mass is 426 g/mol. The molecule has 2 saturated carbocycles. The number of fused-ring (bicyclic) bond motifs is 4. The number of H-pyrrole nitrogens is 1. The van der Waals surface area contributed by atoms with Crippen molar-refractivity contribution in [3.8, 4) is 5.95 Å². The zero-order valence-corrected chi connectivity index (χ0v) is 16.3. The Morgan fingerprint density at radius 3 is 2.93 bits per heavy atom. The van der Waals surface area contributed by atoms with Gasteiger partial charge in [0.25, 0.3) is 0 Å². The number of nitrogens with one attached hydrogen (secondary N) is 2. The third kappa shape index (κ3) is 2.40. The van der Waals surface area contributed by atoms with Gasteiger partial charge in [0, 0.05) is 0 Å². The number of imidazole rings is 1. The fraction of sp³-hybridized carbons (Fsp3) is 0.368. The van der Waals surface area contributed by atoms with Crippen LogP contribution in [0.2, 0.25) is 0 Å². The van der Waals surface area contributed by atoms with Crippen molar-refractivity contribution in [3.63, 3.8) is 0 Å². The van der Waals surface area contributed by atoms with Gasteiger partial charge in [-0.05, 0) is 0 Å². The molecule has 0 spiro atoms. The molecule has 2 aliphatic rings. The molecule has 2 unspecified atom stereocenters. The third-order valence-corrected chi connectivity index (χ3v) is 8.24. The number of anilines is 1. The zero-order chi connectivity index (χ0) is 18.0. The summed E-state index contributed by atoms with van der Waals surface area (Å²) >= 11 is -0.151. The van der Waals surface area contributed by atoms with E-state index in [9.17, 15) is 4.79 Å². The molecule has 4 aromatic rings. The van der Waals surface area contributed by atoms with E-state index in [0.29, 0.717) is 17.6 Å². The summed E-state index contributed by atoms with van der Waals surface area (Å²) in [5.74, 6) is 2.79. The quantitative estimate of drug-likeness (QED) is 0.492. The molecule has 136 valence electrons. The molecular weight excluding hydrogens is 407 g/mol. The fourth-order valence-electron chi connectivity index (χ4n) is 4.72. The molecule has 2 aliphatic carbocycles. The van der Waals surface area contributed by atoms with Crippen molar-refractivity contribution < 1.29 is 0 Å². The number of aromatic amines is 1. The Labute approximate surface area is 160 Å². The number of hydrogen-bond donors (Lipinski definition) is 2. The van der Waals surface area contributed by atoms with Gasteiger partial charge >= 0.3 is 161 Å². The van der Waals surface area contributed by atoms with Crippen LogP contribution in [0.1, 0.15) is 25.7 Å². The number of hydrogen-bond acceptors (Lipinski definition) is 5. The van der Waals surface area contributed by atoms with Crippen LogP contribution in [0.15, 0.2) is 35.4 Å². The predicted octanol–water partition coefficient (Wildman–Crippen LogP) is 2.31. The van der Waals surface area contributed by atoms with Gasteiger partial charge in [0.1, 0.15) is 0 Å². The molecular formula is C19H18N6OSe. The van der Waals surface area contributed by atoms with Crippen LogP contribution in [0.5, 0.6) is 0 Å². The Morgan fingerprint density at radius 1 is 1.19 bits per heavy atom. The van der Waals surface area contributed by atoms with Gasteiger partial charge in [-0.1, -0.05) is 0 Å². The standard InChI is InChI=1S/C19H18N6OSe/c26-18-12-3-1-2-4-14(12)27-25(18)19-23-16-15(20-9-21-16)17(24-19)22-13-8-10-5-6-11(13)7-10/h1-4,9-11,13H,5-8H2,(H2,20,21,22,23,24)/t10?,11-,13?/m1/s1. The van der Waals surface area contributed by atoms with Crippen molar-refractivity contribution >= 4 is 41.4 Å². The SMILES string of the molecule is O=c1c2ccccc2[se]n1-c1nc(NC2CC3CC[C@@H]2C3)c2[nH]cnc2n1. The second-order valence-corrected chi connectivity index (χ2v) is 9.66. The minimum absolute atomic E-state index is 0.0219. The molecule has 3 aromatic heterocycles. The van der Waals surface area contributed by atoms with Crippen molar-refractivity contribution in [2.24, 2.45) is 11.8 Å². The molecule has 2 fully saturated rings. The van der Waals surface area contributed by atoms with Gasteiger partial charge in [-0.15, -0.1) is 0 Å². The van der Waals surface area contributed by atoms with Crippen LogP contribution in [0.25, 0.3) is 26.8 Å². The number of rotatable bonds is 3. The molecule has 0 aliphatic heterocycles. The van der Waals surface area contributed by atoms with Crippen LogP contribution in [-0.4, -0.2) is 44.3 Å². The maximum absolute atomic E-state index is 12.8. The van der Waals surface area contributed by atoms with E-state index in [-0.39, 0.29) is 20.3 Å². The van der Waals surface area contributed by atoms with Crippen molar-refractivity contribution in [1.29, 1.82) is 0 Å². The van der Waals surface area contributed by atoms with Gasteiger partial charge < -0.3 is 0 Å². The zero-order valence-electron chi connectivity index (χ0n) is 14.6. The molecule has 3 atom stereocenters. The van der Waals surface area contributed by atoms with Crippen LogP contribution in [0.4, 0.5) is 5.82 Å². The van der Waals surface area contributed by atoms with Gasteiger partial charge in [0.15, 0.2) is 0 Å². The molecule has 0 radical (unpaired) electrons. The first-order valence-electron chi connectivity index (χ1n) is 9.35. The molecule has 2 bridgehead atoms. The van der Waals surface area contributed by atoms with E-state index in [0.717, 1.165) is 32.8 Å². The first kappa shape index (κ1) is 15.6. The molecule has 1 aromatic carbocycles. The second-order valence-electron chi connectivity index (χ2n) is 7.59. The van der Waals surface area contributed by atoms with Crippen LogP contribution < -0.4 is 10.9 Å². The maximum atomic E-state index is 12.8. The van der Waals surface area contributed by atoms with Crippen LogP contribution in [0.3, 0.4) is 0 Å². The normalized spacial score (nSPS) is 24.2. The van der Waals surface area contributed by atoms with Crippen LogP contribution in [-0.2, 0) is 0 Å². The molecule has 6 rings (SSSR count). The van der Waals surface area contributed by atoms with Gasteiger partial charge in [0.05, 0.1) is 0 Å². The van der Waals surface area contributed by atoms with E-state index in [1.807, 2.05) is 24.3 Å². The molecule has 0 amide bonds. The van der Waals surface area contributed by atoms with E-state index in [1.165, 1.54) is 25.7 Å². The Bertz CT molecular complexity index is 1220. The van der Waals surface area contributed by atoms with Gasteiger partial charge in [-0.3, -0.25) is 0 Å². The molecule has 3 heterocycles. The summed E-state index contributed by atoms with van der Waals surface area (Å²) in [6, 6.07) is 8.21. The van der Waals surface area contributed by atoms with E-state index in [4.69, 9.17) is 4.98 Å². The Hall–Kier alpha value is -2.44. The summed E-state index contributed by atoms with van der Waals surface area (Å²) in [5.41, 5.74) is 1.40. The molecule has 8 heteroatoms. The van der Waals surface area contributed by atoms with Crippen molar-refractivity contribution in [3.05, 3.63) is 40.9 Å². The molecule has 7 nitrogen and oxygen atoms in total.